The molecule has 0 aliphatic heterocycles. The number of nitriles is 2. The monoisotopic (exact) mass is 534 g/mol. The van der Waals surface area contributed by atoms with E-state index >= 15 is 0 Å². The molecule has 0 unspecified atom stereocenters. The van der Waals surface area contributed by atoms with Gasteiger partial charge in [0.2, 0.25) is 0 Å². The van der Waals surface area contributed by atoms with E-state index in [9.17, 15) is 10.5 Å². The van der Waals surface area contributed by atoms with Crippen molar-refractivity contribution in [1.29, 1.82) is 10.5 Å². The second kappa shape index (κ2) is 9.73. The summed E-state index contributed by atoms with van der Waals surface area (Å²) in [6.07, 6.45) is 6.33. The molecule has 1 aliphatic carbocycles. The molecule has 6 rings (SSSR count). The summed E-state index contributed by atoms with van der Waals surface area (Å²) >= 11 is 1.61. The fraction of sp³-hybridized carbons (Fsp3) is 0.310. The van der Waals surface area contributed by atoms with Gasteiger partial charge in [-0.3, -0.25) is 15.3 Å². The lowest BCUT2D eigenvalue weighted by molar-refractivity contribution is 0.0377. The molecule has 3 aromatic heterocycles. The molecule has 1 atom stereocenters. The predicted molar refractivity (Wildman–Crippen MR) is 149 cm³/mol. The molecule has 3 heterocycles. The Morgan fingerprint density at radius 3 is 2.72 bits per heavy atom. The quantitative estimate of drug-likeness (QED) is 0.251. The molecule has 0 amide bonds. The third-order valence-electron chi connectivity index (χ3n) is 6.74. The van der Waals surface area contributed by atoms with E-state index in [1.54, 1.807) is 11.3 Å². The molecule has 0 radical (unpaired) electrons. The van der Waals surface area contributed by atoms with Crippen LogP contribution in [-0.2, 0) is 11.3 Å². The van der Waals surface area contributed by atoms with Gasteiger partial charge in [0.25, 0.3) is 0 Å². The molecule has 1 saturated carbocycles. The summed E-state index contributed by atoms with van der Waals surface area (Å²) in [5.74, 6) is -0.111. The first-order chi connectivity index (χ1) is 18.8. The molecule has 194 valence electrons. The van der Waals surface area contributed by atoms with Crippen molar-refractivity contribution in [1.82, 2.24) is 25.0 Å². The lowest BCUT2D eigenvalue weighted by Crippen LogP contribution is -2.23. The van der Waals surface area contributed by atoms with Gasteiger partial charge in [0.15, 0.2) is 0 Å². The van der Waals surface area contributed by atoms with E-state index < -0.39 is 5.60 Å². The Bertz CT molecular complexity index is 1780. The average Bonchev–Trinajstić information content (AvgIpc) is 3.45. The van der Waals surface area contributed by atoms with Gasteiger partial charge in [-0.25, -0.2) is 9.67 Å². The molecular weight excluding hydrogens is 508 g/mol. The molecule has 10 heteroatoms. The molecule has 0 bridgehead atoms. The first kappa shape index (κ1) is 24.9. The van der Waals surface area contributed by atoms with Crippen molar-refractivity contribution in [3.05, 3.63) is 76.2 Å². The highest BCUT2D eigenvalue weighted by Crippen LogP contribution is 2.38. The van der Waals surface area contributed by atoms with Crippen molar-refractivity contribution in [2.75, 3.05) is 5.48 Å². The summed E-state index contributed by atoms with van der Waals surface area (Å²) in [6, 6.07) is 14.9. The van der Waals surface area contributed by atoms with Crippen LogP contribution in [-0.4, -0.2) is 30.6 Å². The van der Waals surface area contributed by atoms with Crippen LogP contribution >= 0.6 is 11.3 Å². The molecule has 1 aliphatic rings. The zero-order chi connectivity index (χ0) is 27.1. The number of rotatable bonds is 7. The second-order valence-corrected chi connectivity index (χ2v) is 11.6. The van der Waals surface area contributed by atoms with Crippen molar-refractivity contribution < 1.29 is 4.84 Å². The van der Waals surface area contributed by atoms with Crippen LogP contribution in [0.25, 0.3) is 21.1 Å². The number of benzene rings is 2. The number of hydrogen-bond donors (Lipinski definition) is 1. The molecule has 1 fully saturated rings. The fourth-order valence-electron chi connectivity index (χ4n) is 4.72. The number of fused-ring (bicyclic) bond motifs is 2. The largest absolute Gasteiger partial charge is 0.270 e. The summed E-state index contributed by atoms with van der Waals surface area (Å²) in [5, 5.41) is 29.5. The zero-order valence-electron chi connectivity index (χ0n) is 21.8. The van der Waals surface area contributed by atoms with E-state index in [0.29, 0.717) is 40.2 Å². The molecular formula is C29H26N8OS. The van der Waals surface area contributed by atoms with Gasteiger partial charge in [0.05, 0.1) is 55.4 Å². The maximum Gasteiger partial charge on any atom is 0.103 e. The van der Waals surface area contributed by atoms with E-state index in [1.807, 2.05) is 61.4 Å². The highest BCUT2D eigenvalue weighted by Gasteiger charge is 2.28. The van der Waals surface area contributed by atoms with Crippen molar-refractivity contribution in [3.63, 3.8) is 0 Å². The van der Waals surface area contributed by atoms with Crippen LogP contribution in [0.15, 0.2) is 48.2 Å². The van der Waals surface area contributed by atoms with E-state index in [1.165, 1.54) is 6.20 Å². The molecule has 1 N–H and O–H groups in total. The summed E-state index contributed by atoms with van der Waals surface area (Å²) < 4.78 is 3.07. The number of hydrogen-bond acceptors (Lipinski definition) is 9. The van der Waals surface area contributed by atoms with Gasteiger partial charge in [-0.1, -0.05) is 17.3 Å². The molecule has 2 aromatic carbocycles. The van der Waals surface area contributed by atoms with Crippen LogP contribution in [0.1, 0.15) is 73.5 Å². The van der Waals surface area contributed by atoms with Gasteiger partial charge in [-0.05, 0) is 69.4 Å². The highest BCUT2D eigenvalue weighted by atomic mass is 32.1. The predicted octanol–water partition coefficient (Wildman–Crippen LogP) is 6.03. The van der Waals surface area contributed by atoms with Crippen LogP contribution in [0.5, 0.6) is 0 Å². The van der Waals surface area contributed by atoms with E-state index in [2.05, 4.69) is 44.0 Å². The first-order valence-corrected chi connectivity index (χ1v) is 13.7. The van der Waals surface area contributed by atoms with Crippen molar-refractivity contribution in [2.45, 2.75) is 57.6 Å². The average molecular weight is 535 g/mol. The zero-order valence-corrected chi connectivity index (χ0v) is 22.7. The van der Waals surface area contributed by atoms with Gasteiger partial charge in [-0.15, -0.1) is 16.4 Å². The Balaban J connectivity index is 1.49. The molecule has 0 spiro atoms. The normalized spacial score (nSPS) is 14.3. The van der Waals surface area contributed by atoms with Crippen molar-refractivity contribution in [3.8, 4) is 12.1 Å². The van der Waals surface area contributed by atoms with E-state index in [0.717, 1.165) is 39.9 Å². The van der Waals surface area contributed by atoms with E-state index in [-0.39, 0.29) is 5.92 Å². The molecule has 5 aromatic rings. The number of pyridine rings is 1. The highest BCUT2D eigenvalue weighted by molar-refractivity contribution is 7.17. The third-order valence-corrected chi connectivity index (χ3v) is 7.63. The Morgan fingerprint density at radius 1 is 1.15 bits per heavy atom. The molecule has 0 saturated heterocycles. The maximum atomic E-state index is 10.1. The molecule has 39 heavy (non-hydrogen) atoms. The Hall–Kier alpha value is -4.38. The van der Waals surface area contributed by atoms with Crippen LogP contribution in [0, 0.1) is 22.7 Å². The maximum absolute atomic E-state index is 10.1. The summed E-state index contributed by atoms with van der Waals surface area (Å²) in [7, 11) is 0. The summed E-state index contributed by atoms with van der Waals surface area (Å²) in [6.45, 7) is 5.75. The van der Waals surface area contributed by atoms with E-state index in [4.69, 9.17) is 4.84 Å². The van der Waals surface area contributed by atoms with Crippen LogP contribution < -0.4 is 5.48 Å². The molecule has 9 nitrogen and oxygen atoms in total. The number of nitrogens with zero attached hydrogens (tertiary/aromatic N) is 7. The summed E-state index contributed by atoms with van der Waals surface area (Å²) in [5.41, 5.74) is 9.99. The van der Waals surface area contributed by atoms with Gasteiger partial charge >= 0.3 is 0 Å². The van der Waals surface area contributed by atoms with Gasteiger partial charge < -0.3 is 0 Å². The second-order valence-electron chi connectivity index (χ2n) is 10.8. The smallest absolute Gasteiger partial charge is 0.103 e. The van der Waals surface area contributed by atoms with Gasteiger partial charge in [0, 0.05) is 23.7 Å². The lowest BCUT2D eigenvalue weighted by Gasteiger charge is -2.22. The van der Waals surface area contributed by atoms with Crippen LogP contribution in [0.4, 0.5) is 5.69 Å². The van der Waals surface area contributed by atoms with Crippen LogP contribution in [0.2, 0.25) is 0 Å². The standard InChI is InChI=1S/C29H26N8OS/c1-29(2,3)38-35-27-19(13-31)14-32-26-18(12-30)9-17(11-23(26)27)10-22(25-15-37(36-34-25)20-7-8-20)21-5-4-6-24-28(21)39-16-33-24/h4-6,9,11,14-16,20,22H,7-8,10H2,1-3H3,(H,32,35)/t22-/m0/s1. The lowest BCUT2D eigenvalue weighted by atomic mass is 9.88. The van der Waals surface area contributed by atoms with Gasteiger partial charge in [0.1, 0.15) is 12.1 Å². The van der Waals surface area contributed by atoms with Crippen molar-refractivity contribution >= 4 is 38.1 Å². The summed E-state index contributed by atoms with van der Waals surface area (Å²) in [4.78, 5) is 14.8. The SMILES string of the molecule is CC(C)(C)ONc1c(C#N)cnc2c(C#N)cc(C[C@H](c3cn(C4CC4)nn3)c3cccc4ncsc34)cc12. The minimum Gasteiger partial charge on any atom is -0.270 e. The minimum atomic E-state index is -0.496. The fourth-order valence-corrected chi connectivity index (χ4v) is 5.58. The minimum absolute atomic E-state index is 0.111. The van der Waals surface area contributed by atoms with Crippen LogP contribution in [0.3, 0.4) is 0 Å². The Kier molecular flexibility index (Phi) is 6.22. The number of aromatic nitrogens is 5. The third kappa shape index (κ3) is 4.92. The van der Waals surface area contributed by atoms with Gasteiger partial charge in [-0.2, -0.15) is 10.5 Å². The Labute approximate surface area is 229 Å². The topological polar surface area (TPSA) is 125 Å². The first-order valence-electron chi connectivity index (χ1n) is 12.8. The van der Waals surface area contributed by atoms with Crippen molar-refractivity contribution in [2.24, 2.45) is 0 Å². The number of anilines is 1. The Morgan fingerprint density at radius 2 is 1.97 bits per heavy atom. The number of thiazole rings is 1. The number of nitrogens with one attached hydrogen (secondary N) is 1.